The number of furan rings is 2. The van der Waals surface area contributed by atoms with E-state index in [1.165, 1.54) is 25.7 Å². The first-order valence-electron chi connectivity index (χ1n) is 40.9. The molecule has 0 aliphatic heterocycles. The molecule has 0 aliphatic rings. The summed E-state index contributed by atoms with van der Waals surface area (Å²) in [7, 11) is 0. The van der Waals surface area contributed by atoms with E-state index in [2.05, 4.69) is 445 Å². The summed E-state index contributed by atoms with van der Waals surface area (Å²) in [5, 5.41) is 9.09. The third-order valence-electron chi connectivity index (χ3n) is 24.0. The molecule has 0 unspecified atom stereocenters. The predicted molar refractivity (Wildman–Crippen MR) is 507 cm³/mol. The number of hydrogen-bond acceptors (Lipinski definition) is 5. The molecule has 562 valence electrons. The number of rotatable bonds is 16. The molecular weight excluding hydrogens is 1480 g/mol. The summed E-state index contributed by atoms with van der Waals surface area (Å²) in [4.78, 5) is 5.02. The second kappa shape index (κ2) is 29.3. The van der Waals surface area contributed by atoms with E-state index in [9.17, 15) is 0 Å². The van der Waals surface area contributed by atoms with Gasteiger partial charge < -0.3 is 23.2 Å². The van der Waals surface area contributed by atoms with Crippen LogP contribution in [0.3, 0.4) is 0 Å². The average molecular weight is 1550 g/mol. The van der Waals surface area contributed by atoms with Gasteiger partial charge in [-0.1, -0.05) is 328 Å². The summed E-state index contributed by atoms with van der Waals surface area (Å²) in [6.07, 6.45) is 0. The summed E-state index contributed by atoms with van der Waals surface area (Å²) >= 11 is 1.85. The van der Waals surface area contributed by atoms with E-state index >= 15 is 0 Å². The van der Waals surface area contributed by atoms with Crippen LogP contribution in [0.4, 0.5) is 34.1 Å². The Kier molecular flexibility index (Phi) is 17.1. The number of para-hydroxylation sites is 3. The zero-order valence-corrected chi connectivity index (χ0v) is 66.0. The van der Waals surface area contributed by atoms with Gasteiger partial charge in [0, 0.05) is 81.5 Å². The second-order valence-electron chi connectivity index (χ2n) is 30.8. The molecule has 0 saturated heterocycles. The second-order valence-corrected chi connectivity index (χ2v) is 31.9. The van der Waals surface area contributed by atoms with E-state index < -0.39 is 0 Å². The van der Waals surface area contributed by atoms with Crippen molar-refractivity contribution in [1.82, 2.24) is 4.57 Å². The lowest BCUT2D eigenvalue weighted by atomic mass is 9.87. The first kappa shape index (κ1) is 69.9. The molecule has 0 radical (unpaired) electrons. The van der Waals surface area contributed by atoms with Gasteiger partial charge in [0.25, 0.3) is 0 Å². The number of anilines is 6. The van der Waals surface area contributed by atoms with Crippen molar-refractivity contribution in [2.24, 2.45) is 0 Å². The molecule has 0 atom stereocenters. The van der Waals surface area contributed by atoms with Crippen molar-refractivity contribution >= 4 is 131 Å². The molecule has 4 heterocycles. The topological polar surface area (TPSA) is 37.7 Å². The van der Waals surface area contributed by atoms with Crippen LogP contribution < -0.4 is 9.80 Å². The number of fused-ring (bicyclic) bond motifs is 12. The molecule has 120 heavy (non-hydrogen) atoms. The summed E-state index contributed by atoms with van der Waals surface area (Å²) in [6.45, 7) is 0. The Labute approximate surface area is 698 Å². The fourth-order valence-electron chi connectivity index (χ4n) is 18.6. The maximum Gasteiger partial charge on any atom is 0.143 e. The Hall–Kier alpha value is -15.6. The Morgan fingerprint density at radius 2 is 0.617 bits per heavy atom. The van der Waals surface area contributed by atoms with Crippen LogP contribution >= 0.6 is 11.3 Å². The number of aromatic nitrogens is 1. The van der Waals surface area contributed by atoms with Gasteiger partial charge in [0.15, 0.2) is 0 Å². The Bertz CT molecular complexity index is 7880. The van der Waals surface area contributed by atoms with Crippen molar-refractivity contribution in [3.8, 4) is 106 Å². The zero-order valence-electron chi connectivity index (χ0n) is 65.2. The van der Waals surface area contributed by atoms with Gasteiger partial charge in [0.1, 0.15) is 22.3 Å². The molecule has 0 fully saturated rings. The van der Waals surface area contributed by atoms with Gasteiger partial charge in [0.2, 0.25) is 0 Å². The first-order valence-corrected chi connectivity index (χ1v) is 41.7. The normalized spacial score (nSPS) is 11.7. The molecule has 6 heteroatoms. The monoisotopic (exact) mass is 1550 g/mol. The quantitative estimate of drug-likeness (QED) is 0.0966. The molecule has 4 aromatic heterocycles. The fraction of sp³-hybridized carbons (Fsp3) is 0. The molecule has 23 aromatic rings. The van der Waals surface area contributed by atoms with Crippen LogP contribution in [0.5, 0.6) is 0 Å². The van der Waals surface area contributed by atoms with Gasteiger partial charge in [-0.3, -0.25) is 0 Å². The lowest BCUT2D eigenvalue weighted by Gasteiger charge is -2.30. The number of nitrogens with zero attached hydrogens (tertiary/aromatic N) is 3. The molecule has 5 nitrogen and oxygen atoms in total. The van der Waals surface area contributed by atoms with Crippen LogP contribution in [-0.4, -0.2) is 4.57 Å². The first-order chi connectivity index (χ1) is 59.5. The molecule has 0 N–H and O–H groups in total. The summed E-state index contributed by atoms with van der Waals surface area (Å²) in [6, 6.07) is 162. The predicted octanol–water partition coefficient (Wildman–Crippen LogP) is 32.9. The van der Waals surface area contributed by atoms with Crippen molar-refractivity contribution in [2.75, 3.05) is 9.80 Å². The highest BCUT2D eigenvalue weighted by atomic mass is 32.1. The van der Waals surface area contributed by atoms with Crippen molar-refractivity contribution in [1.29, 1.82) is 0 Å². The molecule has 0 spiro atoms. The van der Waals surface area contributed by atoms with Crippen molar-refractivity contribution in [2.45, 2.75) is 0 Å². The van der Waals surface area contributed by atoms with Crippen LogP contribution in [-0.2, 0) is 0 Å². The molecule has 0 saturated carbocycles. The van der Waals surface area contributed by atoms with E-state index in [1.807, 2.05) is 23.5 Å². The highest BCUT2D eigenvalue weighted by molar-refractivity contribution is 7.26. The number of thiophene rings is 1. The van der Waals surface area contributed by atoms with Gasteiger partial charge in [-0.2, -0.15) is 0 Å². The standard InChI is InChI=1S/C114H73N3O2S/c1-5-29-76(30-6-1)86-37-13-15-42-93(86)110-88(78-33-9-3-10-34-78)45-25-49-101(110)116(84-64-57-74(58-65-84)81-63-70-108-98(71-81)90-39-18-22-54-106(90)118-108)104-52-28-51-103-112(104)96-44-17-21-48-100(96)115(103)83-68-61-80(62-69-83)97-72-82(73-99-91-40-19-23-55-107(91)119-113(97)99)75-59-66-85(67-60-75)117(105-53-27-47-95-92-41-20-24-56-109(92)120-114(95)105)102-50-26-46-89(79-35-11-4-12-36-79)111(102)94-43-16-14-38-87(94)77-31-7-2-8-32-77/h1-73H. The Balaban J connectivity index is 0.673. The SMILES string of the molecule is c1ccc(-c2ccccc2-c2c(-c3ccccc3)cccc2N(c2ccc(-c3cc(-c4ccc(-n5c6ccccc6c6c(N(c7ccc(-c8ccc9oc%10ccccc%10c9c8)cc7)c7cccc(-c8ccccc8)c7-c7ccccc7-c7ccccc7)cccc65)cc4)c4oc5ccccc5c4c3)cc2)c2cccc3c2sc2ccccc23)cc1. The summed E-state index contributed by atoms with van der Waals surface area (Å²) < 4.78 is 18.3. The maximum atomic E-state index is 7.02. The Morgan fingerprint density at radius 3 is 1.23 bits per heavy atom. The smallest absolute Gasteiger partial charge is 0.143 e. The third kappa shape index (κ3) is 11.9. The van der Waals surface area contributed by atoms with E-state index in [0.29, 0.717) is 0 Å². The largest absolute Gasteiger partial charge is 0.456 e. The van der Waals surface area contributed by atoms with Crippen LogP contribution in [0.1, 0.15) is 0 Å². The van der Waals surface area contributed by atoms with Crippen LogP contribution in [0, 0.1) is 0 Å². The van der Waals surface area contributed by atoms with Crippen molar-refractivity contribution in [3.63, 3.8) is 0 Å². The average Bonchev–Trinajstić information content (AvgIpc) is 1.52. The molecular formula is C114H73N3O2S. The third-order valence-corrected chi connectivity index (χ3v) is 25.3. The molecule has 0 aliphatic carbocycles. The molecule has 19 aromatic carbocycles. The van der Waals surface area contributed by atoms with E-state index in [4.69, 9.17) is 8.83 Å². The van der Waals surface area contributed by atoms with Crippen molar-refractivity contribution in [3.05, 3.63) is 443 Å². The fourth-order valence-corrected chi connectivity index (χ4v) is 19.8. The minimum Gasteiger partial charge on any atom is -0.456 e. The molecule has 0 amide bonds. The van der Waals surface area contributed by atoms with Crippen LogP contribution in [0.25, 0.3) is 192 Å². The highest BCUT2D eigenvalue weighted by Gasteiger charge is 2.30. The maximum absolute atomic E-state index is 7.02. The zero-order chi connectivity index (χ0) is 79.1. The minimum absolute atomic E-state index is 0.845. The lowest BCUT2D eigenvalue weighted by molar-refractivity contribution is 0.669. The summed E-state index contributed by atoms with van der Waals surface area (Å²) in [5.41, 5.74) is 33.2. The van der Waals surface area contributed by atoms with Gasteiger partial charge in [0.05, 0.1) is 38.5 Å². The van der Waals surface area contributed by atoms with Gasteiger partial charge in [-0.15, -0.1) is 11.3 Å². The van der Waals surface area contributed by atoms with Gasteiger partial charge in [-0.25, -0.2) is 0 Å². The van der Waals surface area contributed by atoms with Crippen LogP contribution in [0.2, 0.25) is 0 Å². The molecule has 0 bridgehead atoms. The van der Waals surface area contributed by atoms with E-state index in [0.717, 1.165) is 200 Å². The minimum atomic E-state index is 0.845. The van der Waals surface area contributed by atoms with Crippen LogP contribution in [0.15, 0.2) is 452 Å². The van der Waals surface area contributed by atoms with E-state index in [-0.39, 0.29) is 0 Å². The lowest BCUT2D eigenvalue weighted by Crippen LogP contribution is -2.12. The van der Waals surface area contributed by atoms with Gasteiger partial charge >= 0.3 is 0 Å². The van der Waals surface area contributed by atoms with Crippen molar-refractivity contribution < 1.29 is 8.83 Å². The number of benzene rings is 19. The Morgan fingerprint density at radius 1 is 0.217 bits per heavy atom. The highest BCUT2D eigenvalue weighted by Crippen LogP contribution is 2.55. The molecule has 23 rings (SSSR count). The summed E-state index contributed by atoms with van der Waals surface area (Å²) in [5.74, 6) is 0. The number of hydrogen-bond donors (Lipinski definition) is 0. The van der Waals surface area contributed by atoms with Gasteiger partial charge in [-0.05, 0) is 199 Å². The van der Waals surface area contributed by atoms with E-state index in [1.54, 1.807) is 0 Å².